The lowest BCUT2D eigenvalue weighted by atomic mass is 10.1. The molecular formula is C69H72Cl2N13O33P3S3. The van der Waals surface area contributed by atoms with Gasteiger partial charge in [0.05, 0.1) is 39.8 Å². The highest BCUT2D eigenvalue weighted by molar-refractivity contribution is 7.54. The first-order valence-electron chi connectivity index (χ1n) is 34.7. The molecule has 19 N–H and O–H groups in total. The maximum atomic E-state index is 13.8. The van der Waals surface area contributed by atoms with E-state index < -0.39 is 177 Å². The number of benzene rings is 5. The van der Waals surface area contributed by atoms with Gasteiger partial charge < -0.3 is 110 Å². The standard InChI is InChI=1S/C33H29N4O12PS.C24H21N4O11PS.C10H13N4O9PS.CH2Cl2.CH4O.H3N/c1-2-45-50(43,49-30(41)21-16-10-5-11-17-21)18-44-31-23(47-29(40)20-14-8-4-9-15-20)22(46-28(39)19-12-6-3-7-13-19)27(48-31)37-25-24(51-33(37)42)26(38)36-32(34)35-25;25-23-26-17-16(18(29)27-23)41-24(32)28(17)19-14(37-20(30)12-7-3-1-4-8-12)15(22(39-19)36-11-40(33,34)35)38-21(31)13-9-5-2-6-10-13;11-9-12-5-4(6(17)13-9)25-10(18)14(5)7-2(15)3(16)8(23-7)22-1-24(19,20)21;2-1-3;1-2;/h3-17,22-23,27,31H,2,18H2,1H3,(H3,34,35,36,38);1-10,14-15,19,22H,11H2,(H2,33,34,35)(H3,25,26,27,29);2-3,7-8,15-16H,1H2,(H2,19,20,21)(H3,11,12,13,17);1H2;2H,1H3;1H3/t22-,23+,27-,31+,50?;14-,15+,19-,22+;2-,3+,7-,8+;;;/m111.../s1. The number of carbonyl (C=O) groups is 5. The van der Waals surface area contributed by atoms with E-state index in [4.69, 9.17) is 112 Å². The normalized spacial score (nSPS) is 20.7. The molecule has 46 nitrogen and oxygen atoms in total. The van der Waals surface area contributed by atoms with Crippen molar-refractivity contribution in [2.75, 3.05) is 55.3 Å². The summed E-state index contributed by atoms with van der Waals surface area (Å²) in [6.07, 6.45) is -22.9. The number of ether oxygens (including phenoxy) is 10. The second kappa shape index (κ2) is 42.5. The van der Waals surface area contributed by atoms with E-state index in [2.05, 4.69) is 29.9 Å². The summed E-state index contributed by atoms with van der Waals surface area (Å²) in [5.41, 5.74) is 14.7. The molecule has 13 atom stereocenters. The largest absolute Gasteiger partial charge is 0.450 e. The molecule has 3 aliphatic heterocycles. The van der Waals surface area contributed by atoms with Crippen LogP contribution in [0.1, 0.15) is 77.4 Å². The number of carbonyl (C=O) groups excluding carboxylic acids is 5. The van der Waals surface area contributed by atoms with Gasteiger partial charge in [0, 0.05) is 7.11 Å². The number of nitrogens with zero attached hydrogens (tertiary/aromatic N) is 6. The number of nitrogens with two attached hydrogens (primary N) is 3. The van der Waals surface area contributed by atoms with E-state index in [-0.39, 0.29) is 94.8 Å². The van der Waals surface area contributed by atoms with Crippen molar-refractivity contribution in [3.8, 4) is 0 Å². The Labute approximate surface area is 709 Å². The fourth-order valence-electron chi connectivity index (χ4n) is 11.5. The Morgan fingerprint density at radius 2 is 0.707 bits per heavy atom. The first kappa shape index (κ1) is 96.1. The summed E-state index contributed by atoms with van der Waals surface area (Å²) in [5, 5.41) is 27.2. The molecule has 11 aromatic rings. The van der Waals surface area contributed by atoms with Crippen LogP contribution >= 0.6 is 80.0 Å². The number of aromatic amines is 3. The minimum absolute atomic E-state index is 0. The maximum Gasteiger partial charge on any atom is 0.407 e. The van der Waals surface area contributed by atoms with E-state index in [1.165, 1.54) is 67.6 Å². The molecule has 54 heteroatoms. The summed E-state index contributed by atoms with van der Waals surface area (Å²) in [6.45, 7) is 1.36. The van der Waals surface area contributed by atoms with Crippen LogP contribution in [0.3, 0.4) is 0 Å². The smallest absolute Gasteiger partial charge is 0.407 e. The number of fused-ring (bicyclic) bond motifs is 3. The number of rotatable bonds is 24. The number of aromatic nitrogens is 9. The lowest BCUT2D eigenvalue weighted by molar-refractivity contribution is -0.169. The van der Waals surface area contributed by atoms with E-state index in [0.717, 1.165) is 20.8 Å². The summed E-state index contributed by atoms with van der Waals surface area (Å²) in [6, 6.07) is 38.8. The number of aliphatic hydroxyl groups is 3. The average Bonchev–Trinajstić information content (AvgIpc) is 1.50. The number of anilines is 3. The lowest BCUT2D eigenvalue weighted by Gasteiger charge is -2.25. The van der Waals surface area contributed by atoms with Gasteiger partial charge in [0.25, 0.3) is 16.7 Å². The van der Waals surface area contributed by atoms with Crippen LogP contribution in [0.4, 0.5) is 17.8 Å². The second-order valence-electron chi connectivity index (χ2n) is 24.7. The van der Waals surface area contributed by atoms with Gasteiger partial charge in [-0.2, -0.15) is 15.0 Å². The second-order valence-corrected chi connectivity index (χ2v) is 33.5. The Morgan fingerprint density at radius 3 is 1.01 bits per heavy atom. The molecule has 0 saturated carbocycles. The van der Waals surface area contributed by atoms with Gasteiger partial charge in [0.2, 0.25) is 30.4 Å². The van der Waals surface area contributed by atoms with Crippen LogP contribution in [0.25, 0.3) is 31.0 Å². The van der Waals surface area contributed by atoms with E-state index >= 15 is 0 Å². The quantitative estimate of drug-likeness (QED) is 0.0176. The lowest BCUT2D eigenvalue weighted by Crippen LogP contribution is -2.41. The molecule has 0 aliphatic carbocycles. The van der Waals surface area contributed by atoms with E-state index in [0.29, 0.717) is 34.0 Å². The van der Waals surface area contributed by atoms with Crippen LogP contribution in [-0.4, -0.2) is 202 Å². The van der Waals surface area contributed by atoms with Gasteiger partial charge in [-0.15, -0.1) is 23.2 Å². The van der Waals surface area contributed by atoms with Crippen LogP contribution in [0.15, 0.2) is 180 Å². The molecule has 0 spiro atoms. The Kier molecular flexibility index (Phi) is 33.2. The third-order valence-corrected chi connectivity index (χ3v) is 21.9. The Balaban J connectivity index is 0.000000213. The molecule has 0 amide bonds. The van der Waals surface area contributed by atoms with Gasteiger partial charge >= 0.3 is 67.3 Å². The van der Waals surface area contributed by atoms with Gasteiger partial charge in [-0.25, -0.2) is 28.5 Å². The molecule has 123 heavy (non-hydrogen) atoms. The molecule has 0 radical (unpaired) electrons. The van der Waals surface area contributed by atoms with Crippen LogP contribution in [0.2, 0.25) is 0 Å². The first-order chi connectivity index (χ1) is 58.1. The molecule has 6 aromatic heterocycles. The Morgan fingerprint density at radius 1 is 0.439 bits per heavy atom. The fourth-order valence-corrected chi connectivity index (χ4v) is 16.0. The van der Waals surface area contributed by atoms with E-state index in [1.807, 2.05) is 0 Å². The van der Waals surface area contributed by atoms with Gasteiger partial charge in [0.15, 0.2) is 85.4 Å². The molecule has 1 unspecified atom stereocenters. The van der Waals surface area contributed by atoms with Crippen LogP contribution in [-0.2, 0) is 70.1 Å². The fraction of sp³-hybridized carbons (Fsp3) is 0.275. The van der Waals surface area contributed by atoms with Crippen LogP contribution in [0, 0.1) is 0 Å². The first-order valence-corrected chi connectivity index (χ1v) is 43.5. The van der Waals surface area contributed by atoms with Crippen molar-refractivity contribution >= 4 is 159 Å². The van der Waals surface area contributed by atoms with E-state index in [1.54, 1.807) is 91.0 Å². The minimum atomic E-state index is -4.76. The number of hydrogen-bond acceptors (Lipinski definition) is 39. The molecule has 3 fully saturated rings. The predicted molar refractivity (Wildman–Crippen MR) is 436 cm³/mol. The zero-order valence-corrected chi connectivity index (χ0v) is 69.7. The van der Waals surface area contributed by atoms with Crippen LogP contribution < -0.4 is 54.6 Å². The Hall–Kier alpha value is -10.8. The SMILES string of the molecule is CCOP(=O)(CO[C@H]1O[C@@H](n2c(=O)sc3c(=O)[nH]c(N)nc32)[C@H](OC(=O)c2ccccc2)[C@@H]1OC(=O)c1ccccc1)OC(=O)c1ccccc1.CO.ClCCl.N.Nc1nc2c(sc(=O)n2[C@@H]2O[C@H](OCP(=O)(O)O)[C@@H](O)[C@H]2O)c(=O)[nH]1.Nc1nc2c(sc(=O)n2[C@@H]2O[C@H](OCP(=O)(O)O)[C@@H](OC(=O)c3ccccc3)[C@H]2OC(=O)c2ccccc2)c(=O)[nH]1. The Bertz CT molecular complexity index is 6090. The molecular weight excluding hydrogens is 1800 g/mol. The highest BCUT2D eigenvalue weighted by Crippen LogP contribution is 2.51. The van der Waals surface area contributed by atoms with Crippen molar-refractivity contribution in [2.45, 2.75) is 81.1 Å². The van der Waals surface area contributed by atoms with Crippen molar-refractivity contribution in [1.82, 2.24) is 49.8 Å². The number of halogens is 2. The van der Waals surface area contributed by atoms with Crippen molar-refractivity contribution in [3.63, 3.8) is 0 Å². The van der Waals surface area contributed by atoms with Gasteiger partial charge in [-0.1, -0.05) is 125 Å². The molecule has 658 valence electrons. The molecule has 0 bridgehead atoms. The number of nitrogen functional groups attached to an aromatic ring is 3. The monoisotopic (exact) mass is 1870 g/mol. The summed E-state index contributed by atoms with van der Waals surface area (Å²) >= 11 is 11.1. The number of hydrogen-bond donors (Lipinski definition) is 14. The van der Waals surface area contributed by atoms with Gasteiger partial charge in [-0.05, 0) is 67.6 Å². The number of thiazole rings is 3. The zero-order chi connectivity index (χ0) is 88.7. The number of aliphatic hydroxyl groups excluding tert-OH is 3. The third-order valence-electron chi connectivity index (χ3n) is 16.5. The summed E-state index contributed by atoms with van der Waals surface area (Å²) in [5.74, 6) is -5.50. The number of nitrogens with one attached hydrogen (secondary N) is 3. The predicted octanol–water partition coefficient (Wildman–Crippen LogP) is 3.93. The average molecular weight is 1870 g/mol. The number of H-pyrrole nitrogens is 3. The van der Waals surface area contributed by atoms with Gasteiger partial charge in [-0.3, -0.25) is 71.1 Å². The number of alkyl halides is 2. The molecule has 14 rings (SSSR count). The summed E-state index contributed by atoms with van der Waals surface area (Å²) in [4.78, 5) is 195. The van der Waals surface area contributed by atoms with Gasteiger partial charge in [0.1, 0.15) is 26.3 Å². The summed E-state index contributed by atoms with van der Waals surface area (Å²) < 4.78 is 105. The molecule has 5 aromatic carbocycles. The molecule has 9 heterocycles. The van der Waals surface area contributed by atoms with Crippen molar-refractivity contribution in [3.05, 3.63) is 240 Å². The van der Waals surface area contributed by atoms with Crippen molar-refractivity contribution in [1.29, 1.82) is 0 Å². The topological polar surface area (TPSA) is 705 Å². The molecule has 3 saturated heterocycles. The highest BCUT2D eigenvalue weighted by atomic mass is 35.5. The molecule has 3 aliphatic rings. The van der Waals surface area contributed by atoms with E-state index in [9.17, 15) is 86.4 Å². The minimum Gasteiger partial charge on any atom is -0.450 e. The van der Waals surface area contributed by atoms with Crippen LogP contribution in [0.5, 0.6) is 0 Å². The maximum absolute atomic E-state index is 13.8. The highest BCUT2D eigenvalue weighted by Gasteiger charge is 2.56. The van der Waals surface area contributed by atoms with Crippen molar-refractivity contribution < 1.29 is 129 Å². The third kappa shape index (κ3) is 23.8. The number of esters is 4. The zero-order valence-electron chi connectivity index (χ0n) is 63.1. The van der Waals surface area contributed by atoms with Crippen molar-refractivity contribution in [2.24, 2.45) is 0 Å². The summed E-state index contributed by atoms with van der Waals surface area (Å²) in [7, 11) is -12.7.